The van der Waals surface area contributed by atoms with Crippen molar-refractivity contribution >= 4 is 54.1 Å². The van der Waals surface area contributed by atoms with E-state index in [2.05, 4.69) is 33.9 Å². The van der Waals surface area contributed by atoms with Crippen molar-refractivity contribution in [1.82, 2.24) is 21.3 Å². The maximum absolute atomic E-state index is 12.8. The number of aliphatic carboxylic acids is 2. The molecule has 6 unspecified atom stereocenters. The lowest BCUT2D eigenvalue weighted by atomic mass is 10.1. The Kier molecular flexibility index (Phi) is 14.8. The van der Waals surface area contributed by atoms with Gasteiger partial charge in [-0.3, -0.25) is 28.8 Å². The van der Waals surface area contributed by atoms with Gasteiger partial charge in [0.1, 0.15) is 24.2 Å². The van der Waals surface area contributed by atoms with E-state index in [1.54, 1.807) is 0 Å². The number of hydrogen-bond acceptors (Lipinski definition) is 10. The molecule has 11 N–H and O–H groups in total. The minimum atomic E-state index is -1.65. The third kappa shape index (κ3) is 12.9. The Morgan fingerprint density at radius 1 is 0.784 bits per heavy atom. The molecule has 0 bridgehead atoms. The van der Waals surface area contributed by atoms with E-state index in [1.807, 2.05) is 0 Å². The second kappa shape index (κ2) is 16.3. The van der Waals surface area contributed by atoms with Crippen molar-refractivity contribution in [3.8, 4) is 0 Å². The van der Waals surface area contributed by atoms with Crippen molar-refractivity contribution in [3.63, 3.8) is 0 Å². The number of carbonyl (C=O) groups is 7. The van der Waals surface area contributed by atoms with Gasteiger partial charge in [-0.15, -0.1) is 0 Å². The van der Waals surface area contributed by atoms with E-state index in [4.69, 9.17) is 21.7 Å². The lowest BCUT2D eigenvalue weighted by Gasteiger charge is -2.26. The first-order valence-electron chi connectivity index (χ1n) is 11.1. The minimum Gasteiger partial charge on any atom is -0.481 e. The number of nitrogens with one attached hydrogen (secondary N) is 4. The van der Waals surface area contributed by atoms with Crippen LogP contribution in [0, 0.1) is 0 Å². The van der Waals surface area contributed by atoms with E-state index in [9.17, 15) is 38.7 Å². The zero-order valence-electron chi connectivity index (χ0n) is 20.3. The molecule has 0 heterocycles. The Morgan fingerprint density at radius 2 is 1.35 bits per heavy atom. The van der Waals surface area contributed by atoms with E-state index in [0.29, 0.717) is 0 Å². The Hall–Kier alpha value is -3.44. The van der Waals surface area contributed by atoms with Gasteiger partial charge in [0.15, 0.2) is 0 Å². The molecule has 0 aliphatic rings. The summed E-state index contributed by atoms with van der Waals surface area (Å²) in [7, 11) is 0. The largest absolute Gasteiger partial charge is 0.481 e. The number of aliphatic hydroxyl groups is 1. The van der Waals surface area contributed by atoms with Crippen molar-refractivity contribution < 1.29 is 48.9 Å². The monoisotopic (exact) mass is 550 g/mol. The Bertz CT molecular complexity index is 871. The van der Waals surface area contributed by atoms with Gasteiger partial charge in [0.25, 0.3) is 0 Å². The van der Waals surface area contributed by atoms with E-state index in [1.165, 1.54) is 6.92 Å². The zero-order valence-corrected chi connectivity index (χ0v) is 21.2. The number of carbonyl (C=O) groups excluding carboxylic acids is 5. The summed E-state index contributed by atoms with van der Waals surface area (Å²) in [5.41, 5.74) is 10.6. The molecular weight excluding hydrogens is 516 g/mol. The standard InChI is InChI=1S/C20H34N6O10S/c1-8(23-17(32)10(21)3-5-13(22)28)16(31)24-11(4-6-14(29)30)18(33)26-15(9(2)27)19(34)25-12(7-37)20(35)36/h8-12,15,27,37H,3-7,21H2,1-2H3,(H2,22,28)(H,23,32)(H,24,31)(H,25,34)(H,26,33)(H,29,30)(H,35,36). The number of rotatable bonds is 17. The number of thiol groups is 1. The average molecular weight is 551 g/mol. The molecule has 0 saturated carbocycles. The topological polar surface area (TPSA) is 280 Å². The molecule has 0 aromatic carbocycles. The molecular formula is C20H34N6O10S. The van der Waals surface area contributed by atoms with Gasteiger partial charge in [-0.1, -0.05) is 0 Å². The van der Waals surface area contributed by atoms with Gasteiger partial charge in [-0.2, -0.15) is 12.6 Å². The van der Waals surface area contributed by atoms with Gasteiger partial charge in [0, 0.05) is 18.6 Å². The smallest absolute Gasteiger partial charge is 0.327 e. The molecule has 0 aliphatic heterocycles. The van der Waals surface area contributed by atoms with Crippen molar-refractivity contribution in [1.29, 1.82) is 0 Å². The molecule has 0 rings (SSSR count). The molecule has 210 valence electrons. The fraction of sp³-hybridized carbons (Fsp3) is 0.650. The highest BCUT2D eigenvalue weighted by Crippen LogP contribution is 2.04. The van der Waals surface area contributed by atoms with Gasteiger partial charge < -0.3 is 48.1 Å². The van der Waals surface area contributed by atoms with E-state index < -0.39 is 90.6 Å². The van der Waals surface area contributed by atoms with Gasteiger partial charge in [-0.25, -0.2) is 4.79 Å². The third-order valence-corrected chi connectivity index (χ3v) is 5.30. The van der Waals surface area contributed by atoms with E-state index in [-0.39, 0.29) is 18.6 Å². The van der Waals surface area contributed by atoms with Crippen LogP contribution in [0.25, 0.3) is 0 Å². The summed E-state index contributed by atoms with van der Waals surface area (Å²) in [5, 5.41) is 36.8. The Balaban J connectivity index is 5.43. The van der Waals surface area contributed by atoms with E-state index >= 15 is 0 Å². The summed E-state index contributed by atoms with van der Waals surface area (Å²) in [6, 6.07) is -6.98. The molecule has 6 atom stereocenters. The molecule has 5 amide bonds. The summed E-state index contributed by atoms with van der Waals surface area (Å²) in [4.78, 5) is 82.9. The second-order valence-corrected chi connectivity index (χ2v) is 8.51. The highest BCUT2D eigenvalue weighted by atomic mass is 32.1. The normalized spacial score (nSPS) is 15.6. The number of nitrogens with two attached hydrogens (primary N) is 2. The number of hydrogen-bond donors (Lipinski definition) is 10. The molecule has 0 aromatic rings. The summed E-state index contributed by atoms with van der Waals surface area (Å²) < 4.78 is 0. The van der Waals surface area contributed by atoms with Gasteiger partial charge in [0.05, 0.1) is 12.1 Å². The SMILES string of the molecule is CC(NC(=O)C(N)CCC(N)=O)C(=O)NC(CCC(=O)O)C(=O)NC(C(=O)NC(CS)C(=O)O)C(C)O. The maximum Gasteiger partial charge on any atom is 0.327 e. The summed E-state index contributed by atoms with van der Waals surface area (Å²) in [6.07, 6.45) is -2.73. The van der Waals surface area contributed by atoms with Crippen LogP contribution in [-0.4, -0.2) is 98.9 Å². The minimum absolute atomic E-state index is 0.0715. The molecule has 37 heavy (non-hydrogen) atoms. The van der Waals surface area contributed by atoms with Crippen LogP contribution >= 0.6 is 12.6 Å². The average Bonchev–Trinajstić information content (AvgIpc) is 2.80. The maximum atomic E-state index is 12.8. The van der Waals surface area contributed by atoms with Crippen LogP contribution < -0.4 is 32.7 Å². The van der Waals surface area contributed by atoms with Crippen LogP contribution in [-0.2, 0) is 33.6 Å². The number of aliphatic hydroxyl groups excluding tert-OH is 1. The van der Waals surface area contributed by atoms with Crippen LogP contribution in [0.15, 0.2) is 0 Å². The highest BCUT2D eigenvalue weighted by molar-refractivity contribution is 7.80. The molecule has 0 aromatic heterocycles. The van der Waals surface area contributed by atoms with Gasteiger partial charge in [0.2, 0.25) is 29.5 Å². The van der Waals surface area contributed by atoms with Crippen LogP contribution in [0.3, 0.4) is 0 Å². The van der Waals surface area contributed by atoms with Crippen LogP contribution in [0.2, 0.25) is 0 Å². The summed E-state index contributed by atoms with van der Waals surface area (Å²) in [6.45, 7) is 2.40. The summed E-state index contributed by atoms with van der Waals surface area (Å²) >= 11 is 3.81. The molecule has 0 radical (unpaired) electrons. The first-order chi connectivity index (χ1) is 17.1. The third-order valence-electron chi connectivity index (χ3n) is 4.93. The van der Waals surface area contributed by atoms with Crippen molar-refractivity contribution in [3.05, 3.63) is 0 Å². The van der Waals surface area contributed by atoms with Crippen molar-refractivity contribution in [2.24, 2.45) is 11.5 Å². The van der Waals surface area contributed by atoms with Crippen molar-refractivity contribution in [2.45, 2.75) is 75.8 Å². The molecule has 17 heteroatoms. The van der Waals surface area contributed by atoms with E-state index in [0.717, 1.165) is 6.92 Å². The van der Waals surface area contributed by atoms with Crippen LogP contribution in [0.1, 0.15) is 39.5 Å². The second-order valence-electron chi connectivity index (χ2n) is 8.14. The fourth-order valence-electron chi connectivity index (χ4n) is 2.75. The zero-order chi connectivity index (χ0) is 28.9. The number of carboxylic acid groups (broad SMARTS) is 2. The fourth-order valence-corrected chi connectivity index (χ4v) is 3.00. The predicted octanol–water partition coefficient (Wildman–Crippen LogP) is -4.20. The quantitative estimate of drug-likeness (QED) is 0.0775. The molecule has 16 nitrogen and oxygen atoms in total. The molecule has 0 aliphatic carbocycles. The molecule has 0 fully saturated rings. The van der Waals surface area contributed by atoms with Crippen molar-refractivity contribution in [2.75, 3.05) is 5.75 Å². The van der Waals surface area contributed by atoms with Gasteiger partial charge in [-0.05, 0) is 26.7 Å². The summed E-state index contributed by atoms with van der Waals surface area (Å²) in [5.74, 6) is -7.45. The number of carboxylic acids is 2. The number of amides is 5. The van der Waals surface area contributed by atoms with Crippen LogP contribution in [0.5, 0.6) is 0 Å². The first kappa shape index (κ1) is 33.6. The lowest BCUT2D eigenvalue weighted by molar-refractivity contribution is -0.142. The Labute approximate surface area is 217 Å². The molecule has 0 saturated heterocycles. The lowest BCUT2D eigenvalue weighted by Crippen LogP contribution is -2.60. The van der Waals surface area contributed by atoms with Crippen LogP contribution in [0.4, 0.5) is 0 Å². The highest BCUT2D eigenvalue weighted by Gasteiger charge is 2.33. The number of primary amides is 1. The van der Waals surface area contributed by atoms with Gasteiger partial charge >= 0.3 is 11.9 Å². The molecule has 0 spiro atoms. The predicted molar refractivity (Wildman–Crippen MR) is 130 cm³/mol. The Morgan fingerprint density at radius 3 is 1.81 bits per heavy atom. The first-order valence-corrected chi connectivity index (χ1v) is 11.7.